The molecule has 0 radical (unpaired) electrons. The van der Waals surface area contributed by atoms with Gasteiger partial charge in [-0.2, -0.15) is 4.31 Å². The van der Waals surface area contributed by atoms with E-state index in [1.54, 1.807) is 48.4 Å². The van der Waals surface area contributed by atoms with Crippen molar-refractivity contribution in [2.75, 3.05) is 39.5 Å². The summed E-state index contributed by atoms with van der Waals surface area (Å²) >= 11 is 6.44. The first-order chi connectivity index (χ1) is 19.0. The van der Waals surface area contributed by atoms with Gasteiger partial charge in [-0.1, -0.05) is 29.8 Å². The van der Waals surface area contributed by atoms with Gasteiger partial charge in [0.15, 0.2) is 0 Å². The molecular formula is C28H34ClN5O5S. The summed E-state index contributed by atoms with van der Waals surface area (Å²) < 4.78 is 30.7. The monoisotopic (exact) mass is 587 g/mol. The number of sulfonamides is 1. The summed E-state index contributed by atoms with van der Waals surface area (Å²) in [5.41, 5.74) is 9.07. The Hall–Kier alpha value is -3.41. The summed E-state index contributed by atoms with van der Waals surface area (Å²) in [6.07, 6.45) is 4.90. The molecule has 2 amide bonds. The van der Waals surface area contributed by atoms with E-state index in [0.29, 0.717) is 41.0 Å². The molecule has 0 aromatic heterocycles. The molecule has 10 nitrogen and oxygen atoms in total. The van der Waals surface area contributed by atoms with Crippen LogP contribution in [0.2, 0.25) is 5.02 Å². The number of carbonyl (C=O) groups excluding carboxylic acids is 2. The number of ether oxygens (including phenoxy) is 1. The average Bonchev–Trinajstić information content (AvgIpc) is 3.79. The number of halogens is 1. The Balaban J connectivity index is 1.30. The lowest BCUT2D eigenvalue weighted by Crippen LogP contribution is -2.50. The van der Waals surface area contributed by atoms with Crippen LogP contribution in [0.15, 0.2) is 59.2 Å². The van der Waals surface area contributed by atoms with E-state index in [2.05, 4.69) is 10.3 Å². The van der Waals surface area contributed by atoms with Gasteiger partial charge in [0.05, 0.1) is 11.3 Å². The lowest BCUT2D eigenvalue weighted by atomic mass is 10.1. The molecule has 214 valence electrons. The number of nitrogens with one attached hydrogen (secondary N) is 1. The smallest absolute Gasteiger partial charge is 0.269 e. The van der Waals surface area contributed by atoms with Crippen molar-refractivity contribution in [3.05, 3.63) is 76.0 Å². The Labute approximate surface area is 239 Å². The van der Waals surface area contributed by atoms with E-state index in [1.807, 2.05) is 12.1 Å². The molecule has 2 aliphatic rings. The molecule has 1 heterocycles. The number of carbonyl (C=O) groups is 2. The first-order valence-electron chi connectivity index (χ1n) is 13.0. The van der Waals surface area contributed by atoms with Gasteiger partial charge in [0.2, 0.25) is 10.0 Å². The molecule has 2 fully saturated rings. The summed E-state index contributed by atoms with van der Waals surface area (Å²) in [5.74, 6) is 0.362. The number of amides is 2. The normalized spacial score (nSPS) is 17.0. The van der Waals surface area contributed by atoms with E-state index < -0.39 is 10.0 Å². The van der Waals surface area contributed by atoms with Crippen molar-refractivity contribution >= 4 is 39.2 Å². The maximum absolute atomic E-state index is 13.0. The quantitative estimate of drug-likeness (QED) is 0.410. The van der Waals surface area contributed by atoms with E-state index in [4.69, 9.17) is 22.1 Å². The molecule has 0 atom stereocenters. The topological polar surface area (TPSA) is 134 Å². The Morgan fingerprint density at radius 1 is 1.12 bits per heavy atom. The first kappa shape index (κ1) is 29.6. The number of hydrogen-bond donors (Lipinski definition) is 2. The van der Waals surface area contributed by atoms with E-state index >= 15 is 0 Å². The molecule has 40 heavy (non-hydrogen) atoms. The zero-order valence-corrected chi connectivity index (χ0v) is 24.2. The van der Waals surface area contributed by atoms with Gasteiger partial charge in [-0.3, -0.25) is 14.6 Å². The molecule has 0 bridgehead atoms. The summed E-state index contributed by atoms with van der Waals surface area (Å²) in [5, 5.41) is 3.23. The minimum atomic E-state index is -3.26. The Morgan fingerprint density at radius 3 is 2.48 bits per heavy atom. The lowest BCUT2D eigenvalue weighted by Gasteiger charge is -2.33. The van der Waals surface area contributed by atoms with Gasteiger partial charge in [0.1, 0.15) is 18.1 Å². The third-order valence-corrected chi connectivity index (χ3v) is 8.44. The van der Waals surface area contributed by atoms with Crippen LogP contribution in [0.1, 0.15) is 34.3 Å². The standard InChI is InChI=1S/C28H34ClN5O5S/c1-31-25(16-24(30)21-7-8-21)27(35)32-17-19-6-9-26(23(29)15-19)39-18-20-4-3-5-22(14-20)28(36)33-10-12-34(13-11-33)40(2,37)38/h3-6,9,14-16,21H,7-8,10-13,17-18,30H2,1-2H3,(H,32,35). The highest BCUT2D eigenvalue weighted by Gasteiger charge is 2.27. The van der Waals surface area contributed by atoms with Crippen LogP contribution < -0.4 is 15.8 Å². The number of rotatable bonds is 10. The highest BCUT2D eigenvalue weighted by molar-refractivity contribution is 7.88. The van der Waals surface area contributed by atoms with E-state index in [0.717, 1.165) is 24.0 Å². The highest BCUT2D eigenvalue weighted by atomic mass is 35.5. The molecule has 1 saturated carbocycles. The van der Waals surface area contributed by atoms with Crippen LogP contribution in [0.25, 0.3) is 0 Å². The zero-order chi connectivity index (χ0) is 28.9. The van der Waals surface area contributed by atoms with Crippen molar-refractivity contribution in [1.82, 2.24) is 14.5 Å². The van der Waals surface area contributed by atoms with Gasteiger partial charge >= 0.3 is 0 Å². The van der Waals surface area contributed by atoms with Crippen LogP contribution in [0.4, 0.5) is 0 Å². The Bertz CT molecular complexity index is 1430. The van der Waals surface area contributed by atoms with Crippen molar-refractivity contribution < 1.29 is 22.7 Å². The van der Waals surface area contributed by atoms with Gasteiger partial charge in [-0.25, -0.2) is 8.42 Å². The van der Waals surface area contributed by atoms with Gasteiger partial charge in [0, 0.05) is 51.0 Å². The average molecular weight is 588 g/mol. The second-order valence-corrected chi connectivity index (χ2v) is 12.3. The molecule has 12 heteroatoms. The maximum Gasteiger partial charge on any atom is 0.269 e. The van der Waals surface area contributed by atoms with Gasteiger partial charge in [-0.15, -0.1) is 0 Å². The third-order valence-electron chi connectivity index (χ3n) is 6.84. The molecule has 1 aliphatic heterocycles. The van der Waals surface area contributed by atoms with Crippen molar-refractivity contribution in [3.63, 3.8) is 0 Å². The number of benzene rings is 2. The molecular weight excluding hydrogens is 554 g/mol. The van der Waals surface area contributed by atoms with Crippen LogP contribution in [0.5, 0.6) is 5.75 Å². The minimum absolute atomic E-state index is 0.151. The lowest BCUT2D eigenvalue weighted by molar-refractivity contribution is -0.114. The number of aliphatic imine (C=N–C) groups is 1. The van der Waals surface area contributed by atoms with Gasteiger partial charge < -0.3 is 20.7 Å². The fourth-order valence-corrected chi connectivity index (χ4v) is 5.41. The molecule has 1 aliphatic carbocycles. The summed E-state index contributed by atoms with van der Waals surface area (Å²) in [7, 11) is -1.71. The summed E-state index contributed by atoms with van der Waals surface area (Å²) in [6.45, 7) is 1.71. The maximum atomic E-state index is 13.0. The Kier molecular flexibility index (Phi) is 9.49. The molecule has 2 aromatic carbocycles. The minimum Gasteiger partial charge on any atom is -0.487 e. The SMILES string of the molecule is CN=C(C=C(N)C1CC1)C(=O)NCc1ccc(OCc2cccc(C(=O)N3CCN(S(C)(=O)=O)CC3)c2)c(Cl)c1. The van der Waals surface area contributed by atoms with Crippen LogP contribution in [0, 0.1) is 5.92 Å². The van der Waals surface area contributed by atoms with Gasteiger partial charge in [0.25, 0.3) is 11.8 Å². The third kappa shape index (κ3) is 7.83. The molecule has 0 spiro atoms. The molecule has 2 aromatic rings. The molecule has 1 saturated heterocycles. The molecule has 3 N–H and O–H groups in total. The number of hydrogen-bond acceptors (Lipinski definition) is 7. The summed E-state index contributed by atoms with van der Waals surface area (Å²) in [4.78, 5) is 31.2. The van der Waals surface area contributed by atoms with E-state index in [1.165, 1.54) is 10.6 Å². The molecule has 4 rings (SSSR count). The zero-order valence-electron chi connectivity index (χ0n) is 22.6. The predicted octanol–water partition coefficient (Wildman–Crippen LogP) is 2.58. The fraction of sp³-hybridized carbons (Fsp3) is 0.393. The van der Waals surface area contributed by atoms with Crippen LogP contribution in [0.3, 0.4) is 0 Å². The van der Waals surface area contributed by atoms with Crippen LogP contribution in [-0.2, 0) is 28.0 Å². The van der Waals surface area contributed by atoms with E-state index in [-0.39, 0.29) is 43.8 Å². The van der Waals surface area contributed by atoms with Gasteiger partial charge in [-0.05, 0) is 60.2 Å². The second kappa shape index (κ2) is 12.8. The number of nitrogens with two attached hydrogens (primary N) is 1. The predicted molar refractivity (Wildman–Crippen MR) is 155 cm³/mol. The second-order valence-electron chi connectivity index (χ2n) is 9.92. The fourth-order valence-electron chi connectivity index (χ4n) is 4.33. The highest BCUT2D eigenvalue weighted by Crippen LogP contribution is 2.33. The van der Waals surface area contributed by atoms with Crippen molar-refractivity contribution in [2.45, 2.75) is 26.0 Å². The van der Waals surface area contributed by atoms with Crippen molar-refractivity contribution in [3.8, 4) is 5.75 Å². The number of nitrogens with zero attached hydrogens (tertiary/aromatic N) is 3. The first-order valence-corrected chi connectivity index (χ1v) is 15.2. The number of allylic oxidation sites excluding steroid dienone is 1. The van der Waals surface area contributed by atoms with Crippen LogP contribution in [-0.4, -0.2) is 74.6 Å². The Morgan fingerprint density at radius 2 is 1.85 bits per heavy atom. The van der Waals surface area contributed by atoms with Crippen LogP contribution >= 0.6 is 11.6 Å². The van der Waals surface area contributed by atoms with Crippen molar-refractivity contribution in [1.29, 1.82) is 0 Å². The summed E-state index contributed by atoms with van der Waals surface area (Å²) in [6, 6.07) is 12.4. The van der Waals surface area contributed by atoms with E-state index in [9.17, 15) is 18.0 Å². The number of piperazine rings is 1. The molecule has 0 unspecified atom stereocenters. The van der Waals surface area contributed by atoms with Crippen molar-refractivity contribution in [2.24, 2.45) is 16.6 Å². The largest absolute Gasteiger partial charge is 0.487 e.